The average molecular weight is 286 g/mol. The van der Waals surface area contributed by atoms with E-state index >= 15 is 0 Å². The maximum absolute atomic E-state index is 12.2. The number of rotatable bonds is 3. The first-order valence-electron chi connectivity index (χ1n) is 7.11. The second kappa shape index (κ2) is 6.30. The lowest BCUT2D eigenvalue weighted by Gasteiger charge is -2.51. The monoisotopic (exact) mass is 286 g/mol. The fourth-order valence-corrected chi connectivity index (χ4v) is 2.63. The summed E-state index contributed by atoms with van der Waals surface area (Å²) in [5.41, 5.74) is 6.81. The molecule has 4 nitrogen and oxygen atoms in total. The average Bonchev–Trinajstić information content (AvgIpc) is 2.49. The third kappa shape index (κ3) is 3.26. The Morgan fingerprint density at radius 1 is 1.43 bits per heavy atom. The van der Waals surface area contributed by atoms with Crippen LogP contribution in [0.1, 0.15) is 36.2 Å². The molecule has 4 heteroatoms. The first-order chi connectivity index (χ1) is 9.98. The number of ether oxygens (including phenoxy) is 1. The van der Waals surface area contributed by atoms with Gasteiger partial charge in [-0.15, -0.1) is 0 Å². The molecule has 0 aliphatic heterocycles. The molecule has 1 amide bonds. The van der Waals surface area contributed by atoms with Crippen LogP contribution in [0.3, 0.4) is 0 Å². The van der Waals surface area contributed by atoms with Crippen molar-refractivity contribution in [3.8, 4) is 11.8 Å². The third-order valence-electron chi connectivity index (χ3n) is 4.25. The van der Waals surface area contributed by atoms with E-state index in [-0.39, 0.29) is 23.5 Å². The molecule has 2 unspecified atom stereocenters. The first kappa shape index (κ1) is 15.6. The van der Waals surface area contributed by atoms with E-state index < -0.39 is 0 Å². The third-order valence-corrected chi connectivity index (χ3v) is 4.25. The minimum Gasteiger partial charge on any atom is -0.381 e. The predicted octanol–water partition coefficient (Wildman–Crippen LogP) is 1.54. The molecule has 1 aliphatic rings. The highest BCUT2D eigenvalue weighted by Gasteiger charge is 2.49. The van der Waals surface area contributed by atoms with Crippen LogP contribution in [-0.2, 0) is 4.74 Å². The Labute approximate surface area is 126 Å². The molecule has 21 heavy (non-hydrogen) atoms. The summed E-state index contributed by atoms with van der Waals surface area (Å²) in [5.74, 6) is 5.67. The van der Waals surface area contributed by atoms with Crippen LogP contribution in [0.2, 0.25) is 0 Å². The summed E-state index contributed by atoms with van der Waals surface area (Å²) in [7, 11) is 1.71. The molecule has 112 valence electrons. The van der Waals surface area contributed by atoms with Crippen LogP contribution in [0.5, 0.6) is 0 Å². The normalized spacial score (nSPS) is 22.7. The number of carbonyl (C=O) groups excluding carboxylic acids is 1. The van der Waals surface area contributed by atoms with Gasteiger partial charge >= 0.3 is 0 Å². The van der Waals surface area contributed by atoms with Crippen molar-refractivity contribution in [2.45, 2.75) is 32.4 Å². The van der Waals surface area contributed by atoms with E-state index in [1.54, 1.807) is 19.2 Å². The Bertz CT molecular complexity index is 567. The largest absolute Gasteiger partial charge is 0.381 e. The summed E-state index contributed by atoms with van der Waals surface area (Å²) >= 11 is 0. The summed E-state index contributed by atoms with van der Waals surface area (Å²) < 4.78 is 5.40. The summed E-state index contributed by atoms with van der Waals surface area (Å²) in [4.78, 5) is 12.2. The SMILES string of the molecule is COC1CC(NC(=O)c2ccc(C#CCN)cc2)C1(C)C. The molecule has 1 saturated carbocycles. The quantitative estimate of drug-likeness (QED) is 0.828. The van der Waals surface area contributed by atoms with Crippen LogP contribution in [0.25, 0.3) is 0 Å². The van der Waals surface area contributed by atoms with Crippen molar-refractivity contribution in [3.05, 3.63) is 35.4 Å². The first-order valence-corrected chi connectivity index (χ1v) is 7.11. The minimum atomic E-state index is -0.0547. The summed E-state index contributed by atoms with van der Waals surface area (Å²) in [6.45, 7) is 4.56. The molecule has 0 radical (unpaired) electrons. The topological polar surface area (TPSA) is 64.3 Å². The lowest BCUT2D eigenvalue weighted by Crippen LogP contribution is -2.61. The molecule has 2 rings (SSSR count). The predicted molar refractivity (Wildman–Crippen MR) is 82.8 cm³/mol. The lowest BCUT2D eigenvalue weighted by atomic mass is 9.64. The number of nitrogens with two attached hydrogens (primary N) is 1. The maximum Gasteiger partial charge on any atom is 0.251 e. The molecule has 3 N–H and O–H groups in total. The van der Waals surface area contributed by atoms with E-state index in [9.17, 15) is 4.79 Å². The van der Waals surface area contributed by atoms with Crippen molar-refractivity contribution in [3.63, 3.8) is 0 Å². The molecular formula is C17H22N2O2. The number of methoxy groups -OCH3 is 1. The van der Waals surface area contributed by atoms with Gasteiger partial charge in [0.1, 0.15) is 0 Å². The molecule has 1 aliphatic carbocycles. The zero-order valence-electron chi connectivity index (χ0n) is 12.8. The van der Waals surface area contributed by atoms with Gasteiger partial charge in [0.25, 0.3) is 5.91 Å². The van der Waals surface area contributed by atoms with Gasteiger partial charge in [-0.2, -0.15) is 0 Å². The van der Waals surface area contributed by atoms with Gasteiger partial charge in [0.2, 0.25) is 0 Å². The molecule has 0 aromatic heterocycles. The van der Waals surface area contributed by atoms with E-state index in [0.717, 1.165) is 12.0 Å². The van der Waals surface area contributed by atoms with E-state index in [1.165, 1.54) is 0 Å². The van der Waals surface area contributed by atoms with Gasteiger partial charge < -0.3 is 15.8 Å². The van der Waals surface area contributed by atoms with Crippen LogP contribution in [-0.4, -0.2) is 31.7 Å². The smallest absolute Gasteiger partial charge is 0.251 e. The van der Waals surface area contributed by atoms with Crippen molar-refractivity contribution in [2.24, 2.45) is 11.1 Å². The zero-order chi connectivity index (χ0) is 15.5. The standard InChI is InChI=1S/C17H22N2O2/c1-17(2)14(11-15(17)21-3)19-16(20)13-8-6-12(7-9-13)5-4-10-18/h6-9,14-15H,10-11,18H2,1-3H3,(H,19,20). The Hall–Kier alpha value is -1.83. The number of amides is 1. The van der Waals surface area contributed by atoms with Crippen molar-refractivity contribution < 1.29 is 9.53 Å². The molecular weight excluding hydrogens is 264 g/mol. The number of hydrogen-bond donors (Lipinski definition) is 2. The van der Waals surface area contributed by atoms with Crippen molar-refractivity contribution in [1.82, 2.24) is 5.32 Å². The molecule has 1 aromatic rings. The molecule has 0 saturated heterocycles. The van der Waals surface area contributed by atoms with Crippen LogP contribution in [0.4, 0.5) is 0 Å². The Balaban J connectivity index is 1.98. The summed E-state index contributed by atoms with van der Waals surface area (Å²) in [6, 6.07) is 7.39. The highest BCUT2D eigenvalue weighted by molar-refractivity contribution is 5.94. The fourth-order valence-electron chi connectivity index (χ4n) is 2.63. The van der Waals surface area contributed by atoms with Gasteiger partial charge in [0.15, 0.2) is 0 Å². The second-order valence-electron chi connectivity index (χ2n) is 5.89. The molecule has 1 fully saturated rings. The fraction of sp³-hybridized carbons (Fsp3) is 0.471. The van der Waals surface area contributed by atoms with Crippen LogP contribution < -0.4 is 11.1 Å². The summed E-state index contributed by atoms with van der Waals surface area (Å²) in [5, 5.41) is 3.07. The van der Waals surface area contributed by atoms with E-state index in [2.05, 4.69) is 31.0 Å². The van der Waals surface area contributed by atoms with E-state index in [0.29, 0.717) is 12.1 Å². The number of benzene rings is 1. The van der Waals surface area contributed by atoms with Gasteiger partial charge in [-0.3, -0.25) is 4.79 Å². The van der Waals surface area contributed by atoms with Gasteiger partial charge in [0, 0.05) is 29.7 Å². The van der Waals surface area contributed by atoms with Crippen molar-refractivity contribution >= 4 is 5.91 Å². The molecule has 0 heterocycles. The second-order valence-corrected chi connectivity index (χ2v) is 5.89. The molecule has 1 aromatic carbocycles. The molecule has 2 atom stereocenters. The molecule has 0 spiro atoms. The summed E-state index contributed by atoms with van der Waals surface area (Å²) in [6.07, 6.45) is 1.06. The van der Waals surface area contributed by atoms with Crippen LogP contribution >= 0.6 is 0 Å². The van der Waals surface area contributed by atoms with E-state index in [1.807, 2.05) is 12.1 Å². The van der Waals surface area contributed by atoms with Gasteiger partial charge in [0.05, 0.1) is 12.6 Å². The van der Waals surface area contributed by atoms with E-state index in [4.69, 9.17) is 10.5 Å². The Morgan fingerprint density at radius 3 is 2.62 bits per heavy atom. The van der Waals surface area contributed by atoms with Gasteiger partial charge in [-0.25, -0.2) is 0 Å². The number of nitrogens with one attached hydrogen (secondary N) is 1. The Morgan fingerprint density at radius 2 is 2.10 bits per heavy atom. The lowest BCUT2D eigenvalue weighted by molar-refractivity contribution is -0.0942. The van der Waals surface area contributed by atoms with Gasteiger partial charge in [-0.1, -0.05) is 25.7 Å². The molecule has 0 bridgehead atoms. The number of hydrogen-bond acceptors (Lipinski definition) is 3. The van der Waals surface area contributed by atoms with Crippen LogP contribution in [0, 0.1) is 17.3 Å². The zero-order valence-corrected chi connectivity index (χ0v) is 12.8. The highest BCUT2D eigenvalue weighted by atomic mass is 16.5. The van der Waals surface area contributed by atoms with Crippen molar-refractivity contribution in [1.29, 1.82) is 0 Å². The minimum absolute atomic E-state index is 0.0308. The maximum atomic E-state index is 12.2. The van der Waals surface area contributed by atoms with Gasteiger partial charge in [-0.05, 0) is 30.7 Å². The number of carbonyl (C=O) groups is 1. The van der Waals surface area contributed by atoms with Crippen molar-refractivity contribution in [2.75, 3.05) is 13.7 Å². The Kier molecular flexibility index (Phi) is 4.66. The highest BCUT2D eigenvalue weighted by Crippen LogP contribution is 2.42. The van der Waals surface area contributed by atoms with Crippen LogP contribution in [0.15, 0.2) is 24.3 Å².